The standard InChI is InChI=1S/C19H29N5OS/c1-6-20-18(21-12-16-14-26-19(22-16)23(3)4)24(5)13-15-8-10-17(11-9-15)25-7-2/h8-11,14H,6-7,12-13H2,1-5H3,(H,20,21). The molecule has 7 heteroatoms. The minimum atomic E-state index is 0.570. The number of rotatable bonds is 8. The molecule has 0 spiro atoms. The van der Waals surface area contributed by atoms with E-state index in [1.54, 1.807) is 11.3 Å². The van der Waals surface area contributed by atoms with Crippen LogP contribution in [0.25, 0.3) is 0 Å². The number of guanidine groups is 1. The van der Waals surface area contributed by atoms with Crippen molar-refractivity contribution in [3.05, 3.63) is 40.9 Å². The fraction of sp³-hybridized carbons (Fsp3) is 0.474. The van der Waals surface area contributed by atoms with E-state index in [-0.39, 0.29) is 0 Å². The van der Waals surface area contributed by atoms with Crippen molar-refractivity contribution in [3.8, 4) is 5.75 Å². The van der Waals surface area contributed by atoms with Gasteiger partial charge in [0, 0.05) is 39.6 Å². The largest absolute Gasteiger partial charge is 0.494 e. The third-order valence-corrected chi connectivity index (χ3v) is 4.72. The van der Waals surface area contributed by atoms with Crippen LogP contribution in [-0.2, 0) is 13.1 Å². The van der Waals surface area contributed by atoms with Crippen LogP contribution in [-0.4, -0.2) is 50.1 Å². The van der Waals surface area contributed by atoms with Crippen LogP contribution in [0.2, 0.25) is 0 Å². The molecule has 0 aliphatic carbocycles. The predicted octanol–water partition coefficient (Wildman–Crippen LogP) is 3.21. The van der Waals surface area contributed by atoms with Crippen molar-refractivity contribution in [1.82, 2.24) is 15.2 Å². The minimum Gasteiger partial charge on any atom is -0.494 e. The number of aromatic nitrogens is 1. The Hall–Kier alpha value is -2.28. The van der Waals surface area contributed by atoms with Crippen molar-refractivity contribution >= 4 is 22.4 Å². The Morgan fingerprint density at radius 3 is 2.50 bits per heavy atom. The average molecular weight is 376 g/mol. The van der Waals surface area contributed by atoms with Crippen molar-refractivity contribution < 1.29 is 4.74 Å². The number of hydrogen-bond donors (Lipinski definition) is 1. The van der Waals surface area contributed by atoms with Crippen LogP contribution in [0.3, 0.4) is 0 Å². The highest BCUT2D eigenvalue weighted by molar-refractivity contribution is 7.13. The molecule has 1 aromatic carbocycles. The first-order valence-corrected chi connectivity index (χ1v) is 9.74. The molecule has 6 nitrogen and oxygen atoms in total. The molecule has 142 valence electrons. The summed E-state index contributed by atoms with van der Waals surface area (Å²) in [5.74, 6) is 1.78. The number of nitrogens with one attached hydrogen (secondary N) is 1. The van der Waals surface area contributed by atoms with Gasteiger partial charge in [-0.25, -0.2) is 9.98 Å². The van der Waals surface area contributed by atoms with Crippen LogP contribution >= 0.6 is 11.3 Å². The van der Waals surface area contributed by atoms with Crippen LogP contribution < -0.4 is 15.0 Å². The Labute approximate surface area is 160 Å². The summed E-state index contributed by atoms with van der Waals surface area (Å²) < 4.78 is 5.50. The Morgan fingerprint density at radius 2 is 1.92 bits per heavy atom. The second-order valence-electron chi connectivity index (χ2n) is 6.12. The number of thiazole rings is 1. The number of nitrogens with zero attached hydrogens (tertiary/aromatic N) is 4. The van der Waals surface area contributed by atoms with Gasteiger partial charge in [0.2, 0.25) is 0 Å². The van der Waals surface area contributed by atoms with E-state index in [4.69, 9.17) is 9.73 Å². The van der Waals surface area contributed by atoms with Crippen LogP contribution in [0.4, 0.5) is 5.13 Å². The number of aliphatic imine (C=N–C) groups is 1. The van der Waals surface area contributed by atoms with Gasteiger partial charge in [0.25, 0.3) is 0 Å². The van der Waals surface area contributed by atoms with E-state index in [9.17, 15) is 0 Å². The van der Waals surface area contributed by atoms with Gasteiger partial charge in [-0.15, -0.1) is 11.3 Å². The first kappa shape index (κ1) is 20.0. The molecule has 2 aromatic rings. The fourth-order valence-corrected chi connectivity index (χ4v) is 3.16. The molecule has 2 rings (SSSR count). The second kappa shape index (κ2) is 10.0. The van der Waals surface area contributed by atoms with E-state index in [0.29, 0.717) is 13.2 Å². The summed E-state index contributed by atoms with van der Waals surface area (Å²) in [7, 11) is 6.05. The summed E-state index contributed by atoms with van der Waals surface area (Å²) in [5.41, 5.74) is 2.20. The van der Waals surface area contributed by atoms with Crippen molar-refractivity contribution in [2.45, 2.75) is 26.9 Å². The van der Waals surface area contributed by atoms with E-state index in [1.165, 1.54) is 5.56 Å². The van der Waals surface area contributed by atoms with Crippen LogP contribution in [0.5, 0.6) is 5.75 Å². The van der Waals surface area contributed by atoms with E-state index in [1.807, 2.05) is 45.1 Å². The Balaban J connectivity index is 2.01. The lowest BCUT2D eigenvalue weighted by Gasteiger charge is -2.22. The van der Waals surface area contributed by atoms with Gasteiger partial charge in [-0.2, -0.15) is 0 Å². The van der Waals surface area contributed by atoms with Gasteiger partial charge in [0.1, 0.15) is 5.75 Å². The molecule has 1 N–H and O–H groups in total. The summed E-state index contributed by atoms with van der Waals surface area (Å²) in [6, 6.07) is 8.20. The molecule has 26 heavy (non-hydrogen) atoms. The van der Waals surface area contributed by atoms with Gasteiger partial charge in [0.15, 0.2) is 11.1 Å². The monoisotopic (exact) mass is 375 g/mol. The highest BCUT2D eigenvalue weighted by Gasteiger charge is 2.08. The summed E-state index contributed by atoms with van der Waals surface area (Å²) in [5, 5.41) is 6.42. The Morgan fingerprint density at radius 1 is 1.19 bits per heavy atom. The Bertz CT molecular complexity index is 696. The van der Waals surface area contributed by atoms with Crippen LogP contribution in [0.1, 0.15) is 25.1 Å². The summed E-state index contributed by atoms with van der Waals surface area (Å²) >= 11 is 1.64. The lowest BCUT2D eigenvalue weighted by Crippen LogP contribution is -2.38. The van der Waals surface area contributed by atoms with Gasteiger partial charge < -0.3 is 19.9 Å². The maximum Gasteiger partial charge on any atom is 0.194 e. The van der Waals surface area contributed by atoms with Crippen molar-refractivity contribution in [2.24, 2.45) is 4.99 Å². The molecular weight excluding hydrogens is 346 g/mol. The summed E-state index contributed by atoms with van der Waals surface area (Å²) in [6.45, 7) is 6.92. The fourth-order valence-electron chi connectivity index (χ4n) is 2.41. The zero-order valence-electron chi connectivity index (χ0n) is 16.3. The Kier molecular flexibility index (Phi) is 7.72. The second-order valence-corrected chi connectivity index (χ2v) is 6.96. The molecule has 0 bridgehead atoms. The molecule has 0 atom stereocenters. The first-order chi connectivity index (χ1) is 12.5. The molecule has 1 heterocycles. The van der Waals surface area contributed by atoms with Gasteiger partial charge in [-0.05, 0) is 31.5 Å². The maximum atomic E-state index is 5.50. The molecule has 0 amide bonds. The lowest BCUT2D eigenvalue weighted by atomic mass is 10.2. The van der Waals surface area contributed by atoms with Gasteiger partial charge in [-0.1, -0.05) is 12.1 Å². The van der Waals surface area contributed by atoms with Crippen molar-refractivity contribution in [2.75, 3.05) is 39.2 Å². The quantitative estimate of drug-likeness (QED) is 0.567. The number of hydrogen-bond acceptors (Lipinski definition) is 5. The van der Waals surface area contributed by atoms with Crippen molar-refractivity contribution in [1.29, 1.82) is 0 Å². The zero-order valence-corrected chi connectivity index (χ0v) is 17.1. The van der Waals surface area contributed by atoms with Gasteiger partial charge in [0.05, 0.1) is 18.8 Å². The topological polar surface area (TPSA) is 53.0 Å². The first-order valence-electron chi connectivity index (χ1n) is 8.86. The highest BCUT2D eigenvalue weighted by Crippen LogP contribution is 2.18. The third kappa shape index (κ3) is 5.91. The highest BCUT2D eigenvalue weighted by atomic mass is 32.1. The van der Waals surface area contributed by atoms with E-state index in [2.05, 4.69) is 39.6 Å². The zero-order chi connectivity index (χ0) is 18.9. The molecule has 0 unspecified atom stereocenters. The number of benzene rings is 1. The molecule has 0 saturated heterocycles. The lowest BCUT2D eigenvalue weighted by molar-refractivity contribution is 0.340. The van der Waals surface area contributed by atoms with E-state index in [0.717, 1.165) is 35.6 Å². The summed E-state index contributed by atoms with van der Waals surface area (Å²) in [4.78, 5) is 13.5. The van der Waals surface area contributed by atoms with Crippen molar-refractivity contribution in [3.63, 3.8) is 0 Å². The normalized spacial score (nSPS) is 11.3. The smallest absolute Gasteiger partial charge is 0.194 e. The van der Waals surface area contributed by atoms with Crippen LogP contribution in [0.15, 0.2) is 34.6 Å². The van der Waals surface area contributed by atoms with Gasteiger partial charge >= 0.3 is 0 Å². The van der Waals surface area contributed by atoms with E-state index >= 15 is 0 Å². The molecule has 0 fully saturated rings. The molecule has 0 radical (unpaired) electrons. The number of anilines is 1. The average Bonchev–Trinajstić information content (AvgIpc) is 3.10. The molecular formula is C19H29N5OS. The minimum absolute atomic E-state index is 0.570. The van der Waals surface area contributed by atoms with E-state index < -0.39 is 0 Å². The third-order valence-electron chi connectivity index (χ3n) is 3.66. The number of ether oxygens (including phenoxy) is 1. The molecule has 0 aliphatic heterocycles. The molecule has 0 aliphatic rings. The summed E-state index contributed by atoms with van der Waals surface area (Å²) in [6.07, 6.45) is 0. The predicted molar refractivity (Wildman–Crippen MR) is 110 cm³/mol. The van der Waals surface area contributed by atoms with Gasteiger partial charge in [-0.3, -0.25) is 0 Å². The maximum absolute atomic E-state index is 5.50. The van der Waals surface area contributed by atoms with Crippen LogP contribution in [0, 0.1) is 0 Å². The molecule has 0 saturated carbocycles. The SMILES string of the molecule is CCNC(=NCc1csc(N(C)C)n1)N(C)Cc1ccc(OCC)cc1. The molecule has 1 aromatic heterocycles.